The van der Waals surface area contributed by atoms with Gasteiger partial charge in [-0.25, -0.2) is 9.37 Å². The number of aromatic nitrogens is 1. The molecule has 26 heavy (non-hydrogen) atoms. The highest BCUT2D eigenvalue weighted by molar-refractivity contribution is 7.15. The van der Waals surface area contributed by atoms with Crippen molar-refractivity contribution in [1.29, 1.82) is 0 Å². The van der Waals surface area contributed by atoms with Gasteiger partial charge in [0.1, 0.15) is 16.6 Å². The summed E-state index contributed by atoms with van der Waals surface area (Å²) in [4.78, 5) is 18.0. The van der Waals surface area contributed by atoms with Crippen molar-refractivity contribution in [3.8, 4) is 16.3 Å². The molecule has 134 valence electrons. The number of hydrogen-bond acceptors (Lipinski definition) is 4. The van der Waals surface area contributed by atoms with Crippen LogP contribution in [0.25, 0.3) is 10.6 Å². The third-order valence-corrected chi connectivity index (χ3v) is 5.24. The molecule has 0 saturated heterocycles. The number of para-hydroxylation sites is 1. The lowest BCUT2D eigenvalue weighted by Gasteiger charge is -2.08. The summed E-state index contributed by atoms with van der Waals surface area (Å²) in [5, 5.41) is 3.77. The fraction of sp³-hybridized carbons (Fsp3) is 0.200. The van der Waals surface area contributed by atoms with Crippen LogP contribution in [0.1, 0.15) is 20.9 Å². The third-order valence-electron chi connectivity index (χ3n) is 3.97. The van der Waals surface area contributed by atoms with E-state index in [2.05, 4.69) is 10.3 Å². The third kappa shape index (κ3) is 4.08. The van der Waals surface area contributed by atoms with Gasteiger partial charge in [0.05, 0.1) is 18.4 Å². The maximum Gasteiger partial charge on any atom is 0.255 e. The molecule has 1 heterocycles. The van der Waals surface area contributed by atoms with Crippen LogP contribution in [-0.2, 0) is 6.42 Å². The molecule has 0 spiro atoms. The highest BCUT2D eigenvalue weighted by atomic mass is 32.1. The number of rotatable bonds is 6. The Morgan fingerprint density at radius 3 is 2.65 bits per heavy atom. The SMILES string of the molecule is COc1ccccc1C(=O)NCCc1sc(-c2ccc(F)cc2)nc1C. The van der Waals surface area contributed by atoms with E-state index in [4.69, 9.17) is 4.74 Å². The van der Waals surface area contributed by atoms with E-state index in [0.29, 0.717) is 24.3 Å². The number of amides is 1. The second-order valence-corrected chi connectivity index (χ2v) is 6.82. The van der Waals surface area contributed by atoms with E-state index < -0.39 is 0 Å². The van der Waals surface area contributed by atoms with Crippen LogP contribution < -0.4 is 10.1 Å². The summed E-state index contributed by atoms with van der Waals surface area (Å²) in [6.07, 6.45) is 0.686. The Morgan fingerprint density at radius 1 is 1.19 bits per heavy atom. The minimum Gasteiger partial charge on any atom is -0.496 e. The van der Waals surface area contributed by atoms with Gasteiger partial charge in [-0.05, 0) is 43.3 Å². The molecule has 0 aliphatic carbocycles. The van der Waals surface area contributed by atoms with E-state index in [1.54, 1.807) is 48.8 Å². The Hall–Kier alpha value is -2.73. The predicted octanol–water partition coefficient (Wildman–Crippen LogP) is 4.24. The molecule has 4 nitrogen and oxygen atoms in total. The molecule has 0 saturated carbocycles. The molecule has 2 aromatic carbocycles. The number of nitrogens with zero attached hydrogens (tertiary/aromatic N) is 1. The average Bonchev–Trinajstić information content (AvgIpc) is 3.03. The molecule has 0 aliphatic rings. The molecule has 0 atom stereocenters. The van der Waals surface area contributed by atoms with Gasteiger partial charge in [-0.1, -0.05) is 12.1 Å². The zero-order chi connectivity index (χ0) is 18.5. The molecule has 0 bridgehead atoms. The van der Waals surface area contributed by atoms with Gasteiger partial charge >= 0.3 is 0 Å². The predicted molar refractivity (Wildman–Crippen MR) is 101 cm³/mol. The molecule has 0 fully saturated rings. The van der Waals surface area contributed by atoms with Crippen molar-refractivity contribution in [3.05, 3.63) is 70.5 Å². The maximum atomic E-state index is 13.1. The zero-order valence-electron chi connectivity index (χ0n) is 14.6. The molecule has 1 N–H and O–H groups in total. The molecular weight excluding hydrogens is 351 g/mol. The zero-order valence-corrected chi connectivity index (χ0v) is 15.4. The van der Waals surface area contributed by atoms with Crippen LogP contribution in [-0.4, -0.2) is 24.5 Å². The Balaban J connectivity index is 1.63. The lowest BCUT2D eigenvalue weighted by atomic mass is 10.2. The summed E-state index contributed by atoms with van der Waals surface area (Å²) < 4.78 is 18.3. The second-order valence-electron chi connectivity index (χ2n) is 5.74. The average molecular weight is 370 g/mol. The second kappa shape index (κ2) is 8.10. The molecule has 0 radical (unpaired) electrons. The van der Waals surface area contributed by atoms with Crippen LogP contribution in [0.15, 0.2) is 48.5 Å². The van der Waals surface area contributed by atoms with Crippen LogP contribution >= 0.6 is 11.3 Å². The molecule has 3 rings (SSSR count). The molecular formula is C20H19FN2O2S. The standard InChI is InChI=1S/C20H19FN2O2S/c1-13-18(26-20(23-13)14-7-9-15(21)10-8-14)11-12-22-19(24)16-5-3-4-6-17(16)25-2/h3-10H,11-12H2,1-2H3,(H,22,24). The molecule has 0 unspecified atom stereocenters. The van der Waals surface area contributed by atoms with Crippen LogP contribution in [0.4, 0.5) is 4.39 Å². The number of thiazole rings is 1. The number of carbonyl (C=O) groups excluding carboxylic acids is 1. The molecule has 3 aromatic rings. The number of carbonyl (C=O) groups is 1. The van der Waals surface area contributed by atoms with Gasteiger partial charge in [-0.15, -0.1) is 11.3 Å². The minimum absolute atomic E-state index is 0.164. The molecule has 0 aliphatic heterocycles. The van der Waals surface area contributed by atoms with E-state index in [0.717, 1.165) is 21.1 Å². The van der Waals surface area contributed by atoms with Gasteiger partial charge in [0.2, 0.25) is 0 Å². The lowest BCUT2D eigenvalue weighted by Crippen LogP contribution is -2.26. The number of nitrogens with one attached hydrogen (secondary N) is 1. The van der Waals surface area contributed by atoms with Crippen LogP contribution in [0.3, 0.4) is 0 Å². The van der Waals surface area contributed by atoms with Gasteiger partial charge in [-0.3, -0.25) is 4.79 Å². The van der Waals surface area contributed by atoms with Crippen molar-refractivity contribution in [1.82, 2.24) is 10.3 Å². The van der Waals surface area contributed by atoms with Gasteiger partial charge in [0.15, 0.2) is 0 Å². The fourth-order valence-corrected chi connectivity index (χ4v) is 3.66. The van der Waals surface area contributed by atoms with Crippen LogP contribution in [0.2, 0.25) is 0 Å². The van der Waals surface area contributed by atoms with E-state index in [1.165, 1.54) is 12.1 Å². The largest absolute Gasteiger partial charge is 0.496 e. The monoisotopic (exact) mass is 370 g/mol. The minimum atomic E-state index is -0.263. The highest BCUT2D eigenvalue weighted by Gasteiger charge is 2.13. The van der Waals surface area contributed by atoms with Crippen molar-refractivity contribution in [2.24, 2.45) is 0 Å². The number of aryl methyl sites for hydroxylation is 1. The Morgan fingerprint density at radius 2 is 1.92 bits per heavy atom. The summed E-state index contributed by atoms with van der Waals surface area (Å²) in [5.41, 5.74) is 2.34. The molecule has 1 amide bonds. The van der Waals surface area contributed by atoms with Crippen molar-refractivity contribution < 1.29 is 13.9 Å². The van der Waals surface area contributed by atoms with Crippen molar-refractivity contribution >= 4 is 17.2 Å². The fourth-order valence-electron chi connectivity index (χ4n) is 2.59. The van der Waals surface area contributed by atoms with Crippen LogP contribution in [0.5, 0.6) is 5.75 Å². The first-order valence-corrected chi connectivity index (χ1v) is 9.03. The molecule has 1 aromatic heterocycles. The first kappa shape index (κ1) is 18.1. The lowest BCUT2D eigenvalue weighted by molar-refractivity contribution is 0.0951. The number of halogens is 1. The first-order valence-electron chi connectivity index (χ1n) is 8.22. The maximum absolute atomic E-state index is 13.1. The summed E-state index contributed by atoms with van der Waals surface area (Å²) in [6, 6.07) is 13.4. The van der Waals surface area contributed by atoms with Gasteiger partial charge < -0.3 is 10.1 Å². The summed E-state index contributed by atoms with van der Waals surface area (Å²) >= 11 is 1.56. The van der Waals surface area contributed by atoms with Crippen molar-refractivity contribution in [2.45, 2.75) is 13.3 Å². The van der Waals surface area contributed by atoms with E-state index in [-0.39, 0.29) is 11.7 Å². The normalized spacial score (nSPS) is 10.6. The topological polar surface area (TPSA) is 51.2 Å². The summed E-state index contributed by atoms with van der Waals surface area (Å²) in [6.45, 7) is 2.45. The smallest absolute Gasteiger partial charge is 0.255 e. The molecule has 6 heteroatoms. The van der Waals surface area contributed by atoms with Gasteiger partial charge in [0.25, 0.3) is 5.91 Å². The number of methoxy groups -OCH3 is 1. The highest BCUT2D eigenvalue weighted by Crippen LogP contribution is 2.28. The van der Waals surface area contributed by atoms with E-state index in [1.807, 2.05) is 13.0 Å². The quantitative estimate of drug-likeness (QED) is 0.706. The Kier molecular flexibility index (Phi) is 5.63. The van der Waals surface area contributed by atoms with Crippen molar-refractivity contribution in [2.75, 3.05) is 13.7 Å². The Bertz CT molecular complexity index is 906. The number of benzene rings is 2. The Labute approximate surface area is 155 Å². The van der Waals surface area contributed by atoms with E-state index >= 15 is 0 Å². The first-order chi connectivity index (χ1) is 12.6. The summed E-state index contributed by atoms with van der Waals surface area (Å²) in [7, 11) is 1.55. The number of ether oxygens (including phenoxy) is 1. The van der Waals surface area contributed by atoms with Gasteiger partial charge in [0, 0.05) is 23.4 Å². The van der Waals surface area contributed by atoms with Crippen LogP contribution in [0, 0.1) is 12.7 Å². The number of hydrogen-bond donors (Lipinski definition) is 1. The van der Waals surface area contributed by atoms with Crippen molar-refractivity contribution in [3.63, 3.8) is 0 Å². The van der Waals surface area contributed by atoms with Gasteiger partial charge in [-0.2, -0.15) is 0 Å². The summed E-state index contributed by atoms with van der Waals surface area (Å²) in [5.74, 6) is 0.127. The van der Waals surface area contributed by atoms with E-state index in [9.17, 15) is 9.18 Å².